The Morgan fingerprint density at radius 3 is 2.71 bits per heavy atom. The van der Waals surface area contributed by atoms with Crippen molar-refractivity contribution < 1.29 is 13.9 Å². The highest BCUT2D eigenvalue weighted by Gasteiger charge is 2.15. The summed E-state index contributed by atoms with van der Waals surface area (Å²) in [6.07, 6.45) is 1.07. The Balaban J connectivity index is 2.54. The Kier molecular flexibility index (Phi) is 4.68. The number of rotatable bonds is 5. The number of hydrogen-bond acceptors (Lipinski definition) is 4. The van der Waals surface area contributed by atoms with Crippen LogP contribution in [0.4, 0.5) is 0 Å². The normalized spacial score (nSPS) is 12.4. The highest BCUT2D eigenvalue weighted by atomic mass is 35.5. The minimum atomic E-state index is -0.606. The SMILES string of the molecule is CCCc1cc(=O)oc2cc(O[C@@H](C)C(C)=O)c(Cl)cc12. The molecule has 1 aromatic carbocycles. The third-order valence-electron chi connectivity index (χ3n) is 3.28. The van der Waals surface area contributed by atoms with Gasteiger partial charge in [0.1, 0.15) is 11.3 Å². The zero-order valence-corrected chi connectivity index (χ0v) is 13.0. The maximum Gasteiger partial charge on any atom is 0.336 e. The second-order valence-electron chi connectivity index (χ2n) is 4.99. The van der Waals surface area contributed by atoms with Gasteiger partial charge < -0.3 is 9.15 Å². The molecule has 0 unspecified atom stereocenters. The topological polar surface area (TPSA) is 56.5 Å². The molecular formula is C16H17ClO4. The van der Waals surface area contributed by atoms with Crippen molar-refractivity contribution in [3.8, 4) is 5.75 Å². The largest absolute Gasteiger partial charge is 0.481 e. The van der Waals surface area contributed by atoms with E-state index < -0.39 is 11.7 Å². The molecule has 1 aromatic heterocycles. The average molecular weight is 309 g/mol. The van der Waals surface area contributed by atoms with E-state index in [-0.39, 0.29) is 5.78 Å². The maximum absolute atomic E-state index is 11.6. The molecule has 0 fully saturated rings. The van der Waals surface area contributed by atoms with Crippen molar-refractivity contribution >= 4 is 28.4 Å². The van der Waals surface area contributed by atoms with Crippen molar-refractivity contribution in [1.82, 2.24) is 0 Å². The zero-order valence-electron chi connectivity index (χ0n) is 12.2. The fourth-order valence-electron chi connectivity index (χ4n) is 2.07. The molecule has 0 aliphatic carbocycles. The van der Waals surface area contributed by atoms with Gasteiger partial charge in [0, 0.05) is 17.5 Å². The van der Waals surface area contributed by atoms with E-state index in [2.05, 4.69) is 0 Å². The van der Waals surface area contributed by atoms with Gasteiger partial charge in [0.2, 0.25) is 0 Å². The average Bonchev–Trinajstić information content (AvgIpc) is 2.40. The zero-order chi connectivity index (χ0) is 15.6. The van der Waals surface area contributed by atoms with E-state index in [1.54, 1.807) is 19.1 Å². The minimum Gasteiger partial charge on any atom is -0.481 e. The van der Waals surface area contributed by atoms with Gasteiger partial charge in [0.05, 0.1) is 5.02 Å². The van der Waals surface area contributed by atoms with Crippen LogP contribution < -0.4 is 10.4 Å². The van der Waals surface area contributed by atoms with E-state index in [9.17, 15) is 9.59 Å². The maximum atomic E-state index is 11.6. The molecule has 0 bridgehead atoms. The number of hydrogen-bond donors (Lipinski definition) is 0. The summed E-state index contributed by atoms with van der Waals surface area (Å²) in [7, 11) is 0. The molecule has 0 aliphatic rings. The lowest BCUT2D eigenvalue weighted by molar-refractivity contribution is -0.122. The van der Waals surface area contributed by atoms with Crippen molar-refractivity contribution in [3.05, 3.63) is 39.2 Å². The van der Waals surface area contributed by atoms with Crippen LogP contribution in [0.25, 0.3) is 11.0 Å². The third kappa shape index (κ3) is 3.45. The van der Waals surface area contributed by atoms with Gasteiger partial charge in [-0.3, -0.25) is 4.79 Å². The third-order valence-corrected chi connectivity index (χ3v) is 3.57. The summed E-state index contributed by atoms with van der Waals surface area (Å²) in [4.78, 5) is 22.9. The fourth-order valence-corrected chi connectivity index (χ4v) is 2.28. The van der Waals surface area contributed by atoms with Crippen LogP contribution in [0.3, 0.4) is 0 Å². The molecule has 0 saturated heterocycles. The standard InChI is InChI=1S/C16H17ClO4/c1-4-5-11-6-16(19)21-14-8-15(13(17)7-12(11)14)20-10(3)9(2)18/h6-8,10H,4-5H2,1-3H3/t10-/m0/s1. The second-order valence-corrected chi connectivity index (χ2v) is 5.40. The first-order valence-corrected chi connectivity index (χ1v) is 7.23. The van der Waals surface area contributed by atoms with Crippen molar-refractivity contribution in [2.45, 2.75) is 39.7 Å². The lowest BCUT2D eigenvalue weighted by atomic mass is 10.1. The molecule has 0 radical (unpaired) electrons. The molecule has 5 heteroatoms. The van der Waals surface area contributed by atoms with Gasteiger partial charge in [-0.1, -0.05) is 24.9 Å². The number of halogens is 1. The van der Waals surface area contributed by atoms with E-state index in [4.69, 9.17) is 20.8 Å². The summed E-state index contributed by atoms with van der Waals surface area (Å²) in [6, 6.07) is 4.77. The van der Waals surface area contributed by atoms with Gasteiger partial charge in [-0.2, -0.15) is 0 Å². The Labute approximate surface area is 127 Å². The summed E-state index contributed by atoms with van der Waals surface area (Å²) >= 11 is 6.21. The van der Waals surface area contributed by atoms with Crippen LogP contribution in [0.15, 0.2) is 27.4 Å². The first kappa shape index (κ1) is 15.6. The van der Waals surface area contributed by atoms with Gasteiger partial charge >= 0.3 is 5.63 Å². The highest BCUT2D eigenvalue weighted by molar-refractivity contribution is 6.32. The molecule has 0 N–H and O–H groups in total. The van der Waals surface area contributed by atoms with Gasteiger partial charge in [0.25, 0.3) is 0 Å². The monoisotopic (exact) mass is 308 g/mol. The molecule has 0 amide bonds. The van der Waals surface area contributed by atoms with Crippen molar-refractivity contribution in [1.29, 1.82) is 0 Å². The molecule has 0 spiro atoms. The number of carbonyl (C=O) groups is 1. The van der Waals surface area contributed by atoms with E-state index in [1.165, 1.54) is 13.0 Å². The molecule has 112 valence electrons. The van der Waals surface area contributed by atoms with E-state index in [0.717, 1.165) is 23.8 Å². The first-order valence-electron chi connectivity index (χ1n) is 6.85. The van der Waals surface area contributed by atoms with Crippen molar-refractivity contribution in [2.75, 3.05) is 0 Å². The van der Waals surface area contributed by atoms with Crippen LogP contribution in [-0.2, 0) is 11.2 Å². The Hall–Kier alpha value is -1.81. The molecule has 1 heterocycles. The van der Waals surface area contributed by atoms with Gasteiger partial charge in [-0.15, -0.1) is 0 Å². The Morgan fingerprint density at radius 2 is 2.10 bits per heavy atom. The van der Waals surface area contributed by atoms with Crippen LogP contribution in [0, 0.1) is 0 Å². The Morgan fingerprint density at radius 1 is 1.38 bits per heavy atom. The van der Waals surface area contributed by atoms with E-state index in [0.29, 0.717) is 16.4 Å². The molecule has 2 rings (SSSR count). The summed E-state index contributed by atoms with van der Waals surface area (Å²) < 4.78 is 10.7. The molecule has 4 nitrogen and oxygen atoms in total. The molecule has 21 heavy (non-hydrogen) atoms. The summed E-state index contributed by atoms with van der Waals surface area (Å²) in [6.45, 7) is 5.12. The molecule has 1 atom stereocenters. The van der Waals surface area contributed by atoms with Crippen molar-refractivity contribution in [3.63, 3.8) is 0 Å². The lowest BCUT2D eigenvalue weighted by Gasteiger charge is -2.14. The second kappa shape index (κ2) is 6.31. The number of fused-ring (bicyclic) bond motifs is 1. The highest BCUT2D eigenvalue weighted by Crippen LogP contribution is 2.32. The van der Waals surface area contributed by atoms with Crippen LogP contribution in [0.2, 0.25) is 5.02 Å². The predicted octanol–water partition coefficient (Wildman–Crippen LogP) is 3.76. The van der Waals surface area contributed by atoms with E-state index >= 15 is 0 Å². The molecule has 0 aliphatic heterocycles. The summed E-state index contributed by atoms with van der Waals surface area (Å²) in [5, 5.41) is 1.19. The van der Waals surface area contributed by atoms with Crippen LogP contribution in [0.5, 0.6) is 5.75 Å². The van der Waals surface area contributed by atoms with Crippen LogP contribution >= 0.6 is 11.6 Å². The molecular weight excluding hydrogens is 292 g/mol. The van der Waals surface area contributed by atoms with Crippen molar-refractivity contribution in [2.24, 2.45) is 0 Å². The number of ether oxygens (including phenoxy) is 1. The summed E-state index contributed by atoms with van der Waals surface area (Å²) in [5.41, 5.74) is 0.914. The number of ketones is 1. The number of carbonyl (C=O) groups excluding carboxylic acids is 1. The first-order chi connectivity index (χ1) is 9.92. The Bertz CT molecular complexity index is 733. The minimum absolute atomic E-state index is 0.104. The predicted molar refractivity (Wildman–Crippen MR) is 82.3 cm³/mol. The fraction of sp³-hybridized carbons (Fsp3) is 0.375. The summed E-state index contributed by atoms with van der Waals surface area (Å²) in [5.74, 6) is 0.232. The number of benzene rings is 1. The molecule has 2 aromatic rings. The van der Waals surface area contributed by atoms with E-state index in [1.807, 2.05) is 6.92 Å². The quantitative estimate of drug-likeness (QED) is 0.789. The van der Waals surface area contributed by atoms with Gasteiger partial charge in [0.15, 0.2) is 11.9 Å². The van der Waals surface area contributed by atoms with Crippen LogP contribution in [-0.4, -0.2) is 11.9 Å². The van der Waals surface area contributed by atoms with Gasteiger partial charge in [-0.05, 0) is 31.9 Å². The molecule has 0 saturated carbocycles. The number of aryl methyl sites for hydroxylation is 1. The lowest BCUT2D eigenvalue weighted by Crippen LogP contribution is -2.20. The van der Waals surface area contributed by atoms with Gasteiger partial charge in [-0.25, -0.2) is 4.79 Å². The smallest absolute Gasteiger partial charge is 0.336 e. The number of Topliss-reactive ketones (excluding diaryl/α,β-unsaturated/α-hetero) is 1. The van der Waals surface area contributed by atoms with Crippen LogP contribution in [0.1, 0.15) is 32.8 Å².